The zero-order valence-corrected chi connectivity index (χ0v) is 12.1. The van der Waals surface area contributed by atoms with E-state index in [0.717, 1.165) is 25.2 Å². The first-order valence-electron chi connectivity index (χ1n) is 7.10. The summed E-state index contributed by atoms with van der Waals surface area (Å²) in [6.07, 6.45) is 3.57. The van der Waals surface area contributed by atoms with Crippen molar-refractivity contribution < 1.29 is 9.90 Å². The average Bonchev–Trinajstić information content (AvgIpc) is 2.85. The lowest BCUT2D eigenvalue weighted by atomic mass is 9.83. The zero-order valence-electron chi connectivity index (χ0n) is 11.3. The van der Waals surface area contributed by atoms with Crippen molar-refractivity contribution in [1.29, 1.82) is 0 Å². The summed E-state index contributed by atoms with van der Waals surface area (Å²) in [5, 5.41) is 13.6. The number of hydrogen-bond acceptors (Lipinski definition) is 3. The molecule has 0 aromatic heterocycles. The van der Waals surface area contributed by atoms with E-state index in [-0.39, 0.29) is 0 Å². The number of nitrogens with zero attached hydrogens (tertiary/aromatic N) is 1. The molecule has 2 heterocycles. The Labute approximate surface area is 123 Å². The minimum atomic E-state index is -0.865. The Kier molecular flexibility index (Phi) is 3.61. The number of rotatable bonds is 3. The van der Waals surface area contributed by atoms with Crippen LogP contribution in [0.5, 0.6) is 0 Å². The molecule has 0 spiro atoms. The number of halogens is 1. The van der Waals surface area contributed by atoms with Crippen LogP contribution in [0.25, 0.3) is 0 Å². The second-order valence-electron chi connectivity index (χ2n) is 5.81. The Morgan fingerprint density at radius 2 is 2.30 bits per heavy atom. The maximum Gasteiger partial charge on any atom is 0.329 e. The van der Waals surface area contributed by atoms with Gasteiger partial charge in [-0.25, -0.2) is 4.79 Å². The van der Waals surface area contributed by atoms with Gasteiger partial charge in [-0.15, -0.1) is 0 Å². The van der Waals surface area contributed by atoms with E-state index in [4.69, 9.17) is 11.6 Å². The number of anilines is 1. The molecule has 1 aromatic rings. The van der Waals surface area contributed by atoms with Gasteiger partial charge in [-0.3, -0.25) is 0 Å². The van der Waals surface area contributed by atoms with Crippen LogP contribution in [-0.4, -0.2) is 40.6 Å². The largest absolute Gasteiger partial charge is 0.480 e. The van der Waals surface area contributed by atoms with Crippen LogP contribution < -0.4 is 5.32 Å². The van der Waals surface area contributed by atoms with Crippen molar-refractivity contribution in [2.75, 3.05) is 18.4 Å². The summed E-state index contributed by atoms with van der Waals surface area (Å²) in [6.45, 7) is 1.96. The fraction of sp³-hybridized carbons (Fsp3) is 0.533. The van der Waals surface area contributed by atoms with Gasteiger partial charge in [0, 0.05) is 23.3 Å². The summed E-state index contributed by atoms with van der Waals surface area (Å²) in [4.78, 5) is 14.3. The molecule has 0 aliphatic carbocycles. The molecule has 2 aliphatic rings. The van der Waals surface area contributed by atoms with Gasteiger partial charge in [0.2, 0.25) is 0 Å². The Bertz CT molecular complexity index is 522. The van der Waals surface area contributed by atoms with Crippen molar-refractivity contribution >= 4 is 23.3 Å². The van der Waals surface area contributed by atoms with Crippen LogP contribution in [0.15, 0.2) is 24.3 Å². The predicted octanol–water partition coefficient (Wildman–Crippen LogP) is 2.83. The molecule has 2 fully saturated rings. The Morgan fingerprint density at radius 3 is 3.05 bits per heavy atom. The Balaban J connectivity index is 1.83. The maximum absolute atomic E-state index is 11.8. The summed E-state index contributed by atoms with van der Waals surface area (Å²) in [6, 6.07) is 7.68. The van der Waals surface area contributed by atoms with Gasteiger partial charge < -0.3 is 15.3 Å². The first kappa shape index (κ1) is 13.7. The van der Waals surface area contributed by atoms with Gasteiger partial charge >= 0.3 is 5.97 Å². The predicted molar refractivity (Wildman–Crippen MR) is 79.3 cm³/mol. The van der Waals surface area contributed by atoms with E-state index in [0.29, 0.717) is 23.9 Å². The smallest absolute Gasteiger partial charge is 0.329 e. The molecule has 0 saturated carbocycles. The molecule has 2 unspecified atom stereocenters. The van der Waals surface area contributed by atoms with E-state index in [1.165, 1.54) is 6.42 Å². The number of carboxylic acid groups (broad SMARTS) is 1. The summed E-state index contributed by atoms with van der Waals surface area (Å²) in [5.41, 5.74) is -0.0812. The monoisotopic (exact) mass is 294 g/mol. The van der Waals surface area contributed by atoms with Gasteiger partial charge in [0.1, 0.15) is 5.54 Å². The third-order valence-electron chi connectivity index (χ3n) is 4.53. The van der Waals surface area contributed by atoms with E-state index >= 15 is 0 Å². The fourth-order valence-corrected chi connectivity index (χ4v) is 3.65. The van der Waals surface area contributed by atoms with Crippen LogP contribution in [0, 0.1) is 0 Å². The Hall–Kier alpha value is -1.26. The molecular weight excluding hydrogens is 276 g/mol. The zero-order chi connectivity index (χ0) is 14.2. The van der Waals surface area contributed by atoms with Crippen LogP contribution in [0.3, 0.4) is 0 Å². The molecule has 2 saturated heterocycles. The molecule has 2 N–H and O–H groups in total. The number of piperidine rings is 1. The Morgan fingerprint density at radius 1 is 1.45 bits per heavy atom. The number of hydrogen-bond donors (Lipinski definition) is 2. The van der Waals surface area contributed by atoms with Gasteiger partial charge in [-0.1, -0.05) is 17.7 Å². The van der Waals surface area contributed by atoms with Crippen molar-refractivity contribution in [1.82, 2.24) is 4.90 Å². The van der Waals surface area contributed by atoms with Crippen LogP contribution >= 0.6 is 11.6 Å². The molecule has 2 atom stereocenters. The minimum absolute atomic E-state index is 0.395. The number of carboxylic acids is 1. The number of nitrogens with one attached hydrogen (secondary N) is 1. The first-order chi connectivity index (χ1) is 9.59. The van der Waals surface area contributed by atoms with Gasteiger partial charge in [0.05, 0.1) is 0 Å². The van der Waals surface area contributed by atoms with Gasteiger partial charge in [0.25, 0.3) is 0 Å². The molecule has 108 valence electrons. The van der Waals surface area contributed by atoms with Crippen LogP contribution in [-0.2, 0) is 4.79 Å². The van der Waals surface area contributed by atoms with Crippen molar-refractivity contribution in [3.63, 3.8) is 0 Å². The SMILES string of the molecule is O=C(O)C1(Nc2cccc(Cl)c2)CCN2CCCC2C1. The highest BCUT2D eigenvalue weighted by atomic mass is 35.5. The van der Waals surface area contributed by atoms with Gasteiger partial charge in [0.15, 0.2) is 0 Å². The molecule has 20 heavy (non-hydrogen) atoms. The summed E-state index contributed by atoms with van der Waals surface area (Å²) >= 11 is 5.98. The third-order valence-corrected chi connectivity index (χ3v) is 4.76. The van der Waals surface area contributed by atoms with Crippen LogP contribution in [0.2, 0.25) is 5.02 Å². The first-order valence-corrected chi connectivity index (χ1v) is 7.48. The normalized spacial score (nSPS) is 29.9. The van der Waals surface area contributed by atoms with E-state index in [2.05, 4.69) is 10.2 Å². The van der Waals surface area contributed by atoms with Crippen molar-refractivity contribution in [3.8, 4) is 0 Å². The number of aliphatic carboxylic acids is 1. The molecule has 0 radical (unpaired) electrons. The standard InChI is InChI=1S/C15H19ClN2O2/c16-11-3-1-4-12(9-11)17-15(14(19)20)6-8-18-7-2-5-13(18)10-15/h1,3-4,9,13,17H,2,5-8,10H2,(H,19,20). The summed E-state index contributed by atoms with van der Waals surface area (Å²) in [7, 11) is 0. The van der Waals surface area contributed by atoms with E-state index < -0.39 is 11.5 Å². The number of carbonyl (C=O) groups is 1. The lowest BCUT2D eigenvalue weighted by Gasteiger charge is -2.42. The molecule has 1 aromatic carbocycles. The summed E-state index contributed by atoms with van der Waals surface area (Å²) in [5.74, 6) is -0.760. The highest BCUT2D eigenvalue weighted by Gasteiger charge is 2.46. The molecule has 2 aliphatic heterocycles. The van der Waals surface area contributed by atoms with E-state index in [1.54, 1.807) is 12.1 Å². The van der Waals surface area contributed by atoms with Crippen molar-refractivity contribution in [2.24, 2.45) is 0 Å². The van der Waals surface area contributed by atoms with Crippen molar-refractivity contribution in [3.05, 3.63) is 29.3 Å². The molecular formula is C15H19ClN2O2. The lowest BCUT2D eigenvalue weighted by molar-refractivity contribution is -0.144. The van der Waals surface area contributed by atoms with Crippen LogP contribution in [0.1, 0.15) is 25.7 Å². The topological polar surface area (TPSA) is 52.6 Å². The highest BCUT2D eigenvalue weighted by Crippen LogP contribution is 2.36. The number of fused-ring (bicyclic) bond motifs is 1. The quantitative estimate of drug-likeness (QED) is 0.900. The summed E-state index contributed by atoms with van der Waals surface area (Å²) < 4.78 is 0. The fourth-order valence-electron chi connectivity index (χ4n) is 3.46. The molecule has 4 nitrogen and oxygen atoms in total. The maximum atomic E-state index is 11.8. The third kappa shape index (κ3) is 2.50. The molecule has 0 bridgehead atoms. The molecule has 0 amide bonds. The molecule has 3 rings (SSSR count). The molecule has 5 heteroatoms. The number of benzene rings is 1. The van der Waals surface area contributed by atoms with E-state index in [1.807, 2.05) is 12.1 Å². The minimum Gasteiger partial charge on any atom is -0.480 e. The highest BCUT2D eigenvalue weighted by molar-refractivity contribution is 6.30. The lowest BCUT2D eigenvalue weighted by Crippen LogP contribution is -2.56. The average molecular weight is 295 g/mol. The van der Waals surface area contributed by atoms with Gasteiger partial charge in [-0.2, -0.15) is 0 Å². The van der Waals surface area contributed by atoms with Crippen molar-refractivity contribution in [2.45, 2.75) is 37.3 Å². The van der Waals surface area contributed by atoms with Crippen LogP contribution in [0.4, 0.5) is 5.69 Å². The van der Waals surface area contributed by atoms with Gasteiger partial charge in [-0.05, 0) is 50.4 Å². The second kappa shape index (κ2) is 5.26. The second-order valence-corrected chi connectivity index (χ2v) is 6.25. The van der Waals surface area contributed by atoms with E-state index in [9.17, 15) is 9.90 Å².